The van der Waals surface area contributed by atoms with E-state index < -0.39 is 24.6 Å². The van der Waals surface area contributed by atoms with E-state index >= 15 is 0 Å². The van der Waals surface area contributed by atoms with Crippen molar-refractivity contribution in [2.45, 2.75) is 19.6 Å². The van der Waals surface area contributed by atoms with Crippen LogP contribution in [0.3, 0.4) is 0 Å². The molecule has 150 valence electrons. The molecule has 1 amide bonds. The number of esters is 1. The van der Waals surface area contributed by atoms with Crippen LogP contribution in [0.5, 0.6) is 17.2 Å². The van der Waals surface area contributed by atoms with Gasteiger partial charge < -0.3 is 24.3 Å². The third kappa shape index (κ3) is 5.57. The summed E-state index contributed by atoms with van der Waals surface area (Å²) >= 11 is 0. The number of amides is 1. The summed E-state index contributed by atoms with van der Waals surface area (Å²) in [6.07, 6.45) is -1.10. The monoisotopic (exact) mass is 395 g/mol. The summed E-state index contributed by atoms with van der Waals surface area (Å²) in [5, 5.41) is 2.60. The van der Waals surface area contributed by atoms with Crippen LogP contribution < -0.4 is 19.5 Å². The number of hydrogen-bond acceptors (Lipinski definition) is 6. The highest BCUT2D eigenvalue weighted by Gasteiger charge is 2.21. The maximum absolute atomic E-state index is 12.4. The van der Waals surface area contributed by atoms with Crippen molar-refractivity contribution in [1.82, 2.24) is 0 Å². The first-order valence-corrected chi connectivity index (χ1v) is 8.12. The Morgan fingerprint density at radius 2 is 1.64 bits per heavy atom. The van der Waals surface area contributed by atoms with Crippen LogP contribution in [0.2, 0.25) is 0 Å². The molecule has 1 N–H and O–H groups in total. The van der Waals surface area contributed by atoms with E-state index in [1.54, 1.807) is 24.3 Å². The Bertz CT molecular complexity index is 826. The lowest BCUT2D eigenvalue weighted by molar-refractivity contribution is -0.123. The van der Waals surface area contributed by atoms with Crippen molar-refractivity contribution >= 4 is 17.6 Å². The number of carbonyl (C=O) groups is 2. The van der Waals surface area contributed by atoms with Gasteiger partial charge in [0.25, 0.3) is 5.91 Å². The molecule has 2 aromatic rings. The molecule has 28 heavy (non-hydrogen) atoms. The van der Waals surface area contributed by atoms with Gasteiger partial charge in [0.1, 0.15) is 5.75 Å². The number of benzene rings is 2. The second kappa shape index (κ2) is 9.54. The molecule has 0 bridgehead atoms. The molecule has 0 aliphatic carbocycles. The quantitative estimate of drug-likeness (QED) is 0.689. The number of carbonyl (C=O) groups excluding carboxylic acids is 2. The molecule has 0 radical (unpaired) electrons. The standard InChI is InChI=1S/C19H19F2NO6/c1-11(17(23)22-13-5-7-14(25-2)8-6-13)27-18(24)12-4-9-15(28-19(20)21)16(10-12)26-3/h4-11,19H,1-3H3,(H,22,23)/t11-/m0/s1. The van der Waals surface area contributed by atoms with Crippen LogP contribution in [0.25, 0.3) is 0 Å². The Hall–Kier alpha value is -3.36. The van der Waals surface area contributed by atoms with Gasteiger partial charge >= 0.3 is 12.6 Å². The van der Waals surface area contributed by atoms with Gasteiger partial charge in [0.05, 0.1) is 19.8 Å². The maximum Gasteiger partial charge on any atom is 0.387 e. The van der Waals surface area contributed by atoms with Crippen molar-refractivity contribution < 1.29 is 37.3 Å². The fourth-order valence-corrected chi connectivity index (χ4v) is 2.19. The second-order valence-electron chi connectivity index (χ2n) is 5.51. The van der Waals surface area contributed by atoms with Crippen LogP contribution in [0.15, 0.2) is 42.5 Å². The van der Waals surface area contributed by atoms with Crippen LogP contribution in [0.4, 0.5) is 14.5 Å². The lowest BCUT2D eigenvalue weighted by Gasteiger charge is -2.15. The van der Waals surface area contributed by atoms with E-state index in [1.807, 2.05) is 0 Å². The Morgan fingerprint density at radius 1 is 0.964 bits per heavy atom. The van der Waals surface area contributed by atoms with Gasteiger partial charge in [-0.2, -0.15) is 8.78 Å². The van der Waals surface area contributed by atoms with Crippen LogP contribution >= 0.6 is 0 Å². The number of ether oxygens (including phenoxy) is 4. The molecule has 1 atom stereocenters. The first-order chi connectivity index (χ1) is 13.3. The van der Waals surface area contributed by atoms with Gasteiger partial charge in [0.2, 0.25) is 0 Å². The van der Waals surface area contributed by atoms with Gasteiger partial charge in [-0.15, -0.1) is 0 Å². The molecule has 0 aromatic heterocycles. The lowest BCUT2D eigenvalue weighted by atomic mass is 10.2. The molecule has 0 aliphatic rings. The number of nitrogens with one attached hydrogen (secondary N) is 1. The largest absolute Gasteiger partial charge is 0.497 e. The van der Waals surface area contributed by atoms with E-state index in [-0.39, 0.29) is 17.1 Å². The highest BCUT2D eigenvalue weighted by atomic mass is 19.3. The van der Waals surface area contributed by atoms with Crippen LogP contribution in [0, 0.1) is 0 Å². The van der Waals surface area contributed by atoms with Gasteiger partial charge in [-0.1, -0.05) is 0 Å². The van der Waals surface area contributed by atoms with Gasteiger partial charge in [-0.05, 0) is 49.4 Å². The Labute approximate surface area is 160 Å². The number of rotatable bonds is 8. The van der Waals surface area contributed by atoms with Crippen molar-refractivity contribution in [3.05, 3.63) is 48.0 Å². The molecular weight excluding hydrogens is 376 g/mol. The summed E-state index contributed by atoms with van der Waals surface area (Å²) in [5.74, 6) is -1.02. The zero-order chi connectivity index (χ0) is 20.7. The lowest BCUT2D eigenvalue weighted by Crippen LogP contribution is -2.30. The summed E-state index contributed by atoms with van der Waals surface area (Å²) in [5.41, 5.74) is 0.520. The molecule has 9 heteroatoms. The molecular formula is C19H19F2NO6. The highest BCUT2D eigenvalue weighted by Crippen LogP contribution is 2.29. The van der Waals surface area contributed by atoms with Gasteiger partial charge in [0, 0.05) is 5.69 Å². The smallest absolute Gasteiger partial charge is 0.387 e. The number of methoxy groups -OCH3 is 2. The highest BCUT2D eigenvalue weighted by molar-refractivity contribution is 5.97. The van der Waals surface area contributed by atoms with Crippen molar-refractivity contribution in [1.29, 1.82) is 0 Å². The molecule has 0 spiro atoms. The van der Waals surface area contributed by atoms with Crippen molar-refractivity contribution in [3.63, 3.8) is 0 Å². The van der Waals surface area contributed by atoms with E-state index in [0.29, 0.717) is 11.4 Å². The molecule has 2 rings (SSSR count). The molecule has 0 fully saturated rings. The van der Waals surface area contributed by atoms with Crippen molar-refractivity contribution in [2.24, 2.45) is 0 Å². The fraction of sp³-hybridized carbons (Fsp3) is 0.263. The molecule has 2 aromatic carbocycles. The Kier molecular flexibility index (Phi) is 7.14. The number of alkyl halides is 2. The minimum Gasteiger partial charge on any atom is -0.497 e. The number of anilines is 1. The fourth-order valence-electron chi connectivity index (χ4n) is 2.19. The zero-order valence-electron chi connectivity index (χ0n) is 15.4. The summed E-state index contributed by atoms with van der Waals surface area (Å²) in [6, 6.07) is 10.2. The summed E-state index contributed by atoms with van der Waals surface area (Å²) < 4.78 is 44.1. The minimum atomic E-state index is -3.03. The molecule has 0 unspecified atom stereocenters. The summed E-state index contributed by atoms with van der Waals surface area (Å²) in [7, 11) is 2.77. The molecule has 0 aliphatic heterocycles. The predicted octanol–water partition coefficient (Wildman–Crippen LogP) is 3.49. The maximum atomic E-state index is 12.4. The summed E-state index contributed by atoms with van der Waals surface area (Å²) in [4.78, 5) is 24.4. The van der Waals surface area contributed by atoms with Crippen LogP contribution in [0.1, 0.15) is 17.3 Å². The van der Waals surface area contributed by atoms with E-state index in [4.69, 9.17) is 14.2 Å². The SMILES string of the molecule is COc1ccc(NC(=O)[C@H](C)OC(=O)c2ccc(OC(F)F)c(OC)c2)cc1. The zero-order valence-corrected chi connectivity index (χ0v) is 15.4. The second-order valence-corrected chi connectivity index (χ2v) is 5.51. The molecule has 0 heterocycles. The van der Waals surface area contributed by atoms with Crippen molar-refractivity contribution in [3.8, 4) is 17.2 Å². The van der Waals surface area contributed by atoms with E-state index in [2.05, 4.69) is 10.1 Å². The van der Waals surface area contributed by atoms with Gasteiger partial charge in [-0.25, -0.2) is 4.79 Å². The van der Waals surface area contributed by atoms with Gasteiger partial charge in [-0.3, -0.25) is 4.79 Å². The number of halogens is 2. The molecule has 0 saturated heterocycles. The average molecular weight is 395 g/mol. The van der Waals surface area contributed by atoms with E-state index in [9.17, 15) is 18.4 Å². The normalized spacial score (nSPS) is 11.5. The third-order valence-electron chi connectivity index (χ3n) is 3.63. The van der Waals surface area contributed by atoms with Crippen LogP contribution in [-0.2, 0) is 9.53 Å². The molecule has 0 saturated carbocycles. The topological polar surface area (TPSA) is 83.1 Å². The summed E-state index contributed by atoms with van der Waals surface area (Å²) in [6.45, 7) is -1.63. The Balaban J connectivity index is 2.01. The average Bonchev–Trinajstić information content (AvgIpc) is 2.68. The molecule has 7 nitrogen and oxygen atoms in total. The predicted molar refractivity (Wildman–Crippen MR) is 96.1 cm³/mol. The van der Waals surface area contributed by atoms with Crippen molar-refractivity contribution in [2.75, 3.05) is 19.5 Å². The minimum absolute atomic E-state index is 0.0163. The first kappa shape index (κ1) is 20.9. The van der Waals surface area contributed by atoms with E-state index in [1.165, 1.54) is 33.3 Å². The first-order valence-electron chi connectivity index (χ1n) is 8.12. The van der Waals surface area contributed by atoms with Gasteiger partial charge in [0.15, 0.2) is 17.6 Å². The number of hydrogen-bond donors (Lipinski definition) is 1. The Morgan fingerprint density at radius 3 is 2.21 bits per heavy atom. The van der Waals surface area contributed by atoms with E-state index in [0.717, 1.165) is 6.07 Å². The van der Waals surface area contributed by atoms with Crippen LogP contribution in [-0.4, -0.2) is 38.8 Å². The third-order valence-corrected chi connectivity index (χ3v) is 3.63.